The normalized spacial score (nSPS) is 19.9. The number of fused-ring (bicyclic) bond motifs is 4. The molecule has 3 aromatic rings. The quantitative estimate of drug-likeness (QED) is 0.674. The maximum Gasteiger partial charge on any atom is 0.274 e. The number of halogens is 2. The molecule has 2 atom stereocenters. The van der Waals surface area contributed by atoms with E-state index in [1.165, 1.54) is 36.4 Å². The molecule has 1 amide bonds. The van der Waals surface area contributed by atoms with Gasteiger partial charge in [-0.2, -0.15) is 0 Å². The second kappa shape index (κ2) is 8.31. The SMILES string of the molecule is O=C(Nc1ccc2n(c1=O)C[C@H]1C[C@@H]2CN(Cc2ccc(F)cc2)C1)c1ccc(F)cc1. The number of amides is 1. The van der Waals surface area contributed by atoms with Crippen molar-refractivity contribution in [3.63, 3.8) is 0 Å². The molecule has 0 saturated carbocycles. The molecule has 164 valence electrons. The van der Waals surface area contributed by atoms with Gasteiger partial charge in [0.15, 0.2) is 0 Å². The van der Waals surface area contributed by atoms with Gasteiger partial charge in [0.2, 0.25) is 0 Å². The monoisotopic (exact) mass is 435 g/mol. The first-order valence-corrected chi connectivity index (χ1v) is 10.7. The third kappa shape index (κ3) is 4.08. The minimum Gasteiger partial charge on any atom is -0.317 e. The Kier molecular flexibility index (Phi) is 5.35. The Morgan fingerprint density at radius 2 is 1.59 bits per heavy atom. The van der Waals surface area contributed by atoms with Crippen LogP contribution >= 0.6 is 0 Å². The zero-order chi connectivity index (χ0) is 22.2. The van der Waals surface area contributed by atoms with Gasteiger partial charge in [0.1, 0.15) is 17.3 Å². The number of nitrogens with zero attached hydrogens (tertiary/aromatic N) is 2. The van der Waals surface area contributed by atoms with E-state index in [0.29, 0.717) is 18.0 Å². The minimum absolute atomic E-state index is 0.209. The molecule has 2 bridgehead atoms. The number of carbonyl (C=O) groups excluding carboxylic acids is 1. The summed E-state index contributed by atoms with van der Waals surface area (Å²) in [7, 11) is 0. The van der Waals surface area contributed by atoms with E-state index in [1.807, 2.05) is 18.2 Å². The van der Waals surface area contributed by atoms with E-state index in [1.54, 1.807) is 10.6 Å². The molecule has 0 aliphatic carbocycles. The van der Waals surface area contributed by atoms with Gasteiger partial charge in [-0.05, 0) is 66.4 Å². The fourth-order valence-corrected chi connectivity index (χ4v) is 4.91. The van der Waals surface area contributed by atoms with Crippen LogP contribution in [-0.2, 0) is 13.1 Å². The maximum absolute atomic E-state index is 13.2. The Labute approximate surface area is 184 Å². The predicted octanol–water partition coefficient (Wildman–Crippen LogP) is 4.00. The highest BCUT2D eigenvalue weighted by Crippen LogP contribution is 2.36. The molecular formula is C25H23F2N3O2. The molecule has 0 spiro atoms. The molecule has 1 fully saturated rings. The van der Waals surface area contributed by atoms with Crippen LogP contribution in [0.2, 0.25) is 0 Å². The number of carbonyl (C=O) groups is 1. The average molecular weight is 435 g/mol. The third-order valence-electron chi connectivity index (χ3n) is 6.35. The van der Waals surface area contributed by atoms with Gasteiger partial charge in [-0.25, -0.2) is 8.78 Å². The number of pyridine rings is 1. The largest absolute Gasteiger partial charge is 0.317 e. The highest BCUT2D eigenvalue weighted by atomic mass is 19.1. The number of anilines is 1. The van der Waals surface area contributed by atoms with Crippen LogP contribution < -0.4 is 10.9 Å². The van der Waals surface area contributed by atoms with Crippen molar-refractivity contribution in [3.05, 3.63) is 99.5 Å². The van der Waals surface area contributed by atoms with E-state index in [9.17, 15) is 18.4 Å². The summed E-state index contributed by atoms with van der Waals surface area (Å²) in [6.45, 7) is 3.05. The summed E-state index contributed by atoms with van der Waals surface area (Å²) in [6, 6.07) is 15.4. The van der Waals surface area contributed by atoms with Crippen molar-refractivity contribution < 1.29 is 13.6 Å². The summed E-state index contributed by atoms with van der Waals surface area (Å²) in [5.41, 5.74) is 2.37. The van der Waals surface area contributed by atoms with Crippen molar-refractivity contribution >= 4 is 11.6 Å². The lowest BCUT2D eigenvalue weighted by molar-refractivity contribution is 0.102. The molecular weight excluding hydrogens is 412 g/mol. The molecule has 2 aliphatic rings. The molecule has 5 rings (SSSR count). The zero-order valence-electron chi connectivity index (χ0n) is 17.4. The van der Waals surface area contributed by atoms with E-state index in [0.717, 1.165) is 37.3 Å². The van der Waals surface area contributed by atoms with Crippen LogP contribution in [0.15, 0.2) is 65.5 Å². The van der Waals surface area contributed by atoms with Crippen LogP contribution in [0.5, 0.6) is 0 Å². The molecule has 0 unspecified atom stereocenters. The van der Waals surface area contributed by atoms with Gasteiger partial charge in [0.05, 0.1) is 0 Å². The third-order valence-corrected chi connectivity index (χ3v) is 6.35. The lowest BCUT2D eigenvalue weighted by atomic mass is 9.83. The Morgan fingerprint density at radius 1 is 0.906 bits per heavy atom. The van der Waals surface area contributed by atoms with Gasteiger partial charge in [-0.3, -0.25) is 14.5 Å². The van der Waals surface area contributed by atoms with Crippen LogP contribution in [0, 0.1) is 17.6 Å². The van der Waals surface area contributed by atoms with Gasteiger partial charge in [0.25, 0.3) is 11.5 Å². The lowest BCUT2D eigenvalue weighted by Crippen LogP contribution is -2.47. The number of nitrogens with one attached hydrogen (secondary N) is 1. The summed E-state index contributed by atoms with van der Waals surface area (Å²) in [5.74, 6) is -0.528. The van der Waals surface area contributed by atoms with Crippen LogP contribution in [0.3, 0.4) is 0 Å². The molecule has 1 N–H and O–H groups in total. The van der Waals surface area contributed by atoms with Gasteiger partial charge < -0.3 is 9.88 Å². The highest BCUT2D eigenvalue weighted by molar-refractivity contribution is 6.04. The molecule has 0 radical (unpaired) electrons. The first-order valence-electron chi connectivity index (χ1n) is 10.7. The molecule has 5 nitrogen and oxygen atoms in total. The molecule has 32 heavy (non-hydrogen) atoms. The van der Waals surface area contributed by atoms with Crippen LogP contribution in [-0.4, -0.2) is 28.5 Å². The van der Waals surface area contributed by atoms with Crippen molar-refractivity contribution in [2.24, 2.45) is 5.92 Å². The topological polar surface area (TPSA) is 54.3 Å². The Hall–Kier alpha value is -3.32. The van der Waals surface area contributed by atoms with Crippen molar-refractivity contribution in [2.75, 3.05) is 18.4 Å². The summed E-state index contributed by atoms with van der Waals surface area (Å²) >= 11 is 0. The van der Waals surface area contributed by atoms with E-state index >= 15 is 0 Å². The van der Waals surface area contributed by atoms with Crippen molar-refractivity contribution in [3.8, 4) is 0 Å². The maximum atomic E-state index is 13.2. The molecule has 7 heteroatoms. The number of hydrogen-bond acceptors (Lipinski definition) is 3. The summed E-state index contributed by atoms with van der Waals surface area (Å²) in [4.78, 5) is 27.9. The predicted molar refractivity (Wildman–Crippen MR) is 118 cm³/mol. The number of benzene rings is 2. The zero-order valence-corrected chi connectivity index (χ0v) is 17.4. The van der Waals surface area contributed by atoms with Gasteiger partial charge in [-0.1, -0.05) is 12.1 Å². The van der Waals surface area contributed by atoms with Gasteiger partial charge >= 0.3 is 0 Å². The molecule has 2 aliphatic heterocycles. The smallest absolute Gasteiger partial charge is 0.274 e. The standard InChI is InChI=1S/C25H23F2N3O2/c26-20-5-1-16(2-6-20)12-29-13-17-11-19(15-29)23-10-9-22(25(32)30(23)14-17)28-24(31)18-3-7-21(27)8-4-18/h1-10,17,19H,11-15H2,(H,28,31)/t17-,19+/m0/s1. The fraction of sp³-hybridized carbons (Fsp3) is 0.280. The van der Waals surface area contributed by atoms with Gasteiger partial charge in [0, 0.05) is 43.4 Å². The first-order chi connectivity index (χ1) is 15.5. The Morgan fingerprint density at radius 3 is 2.31 bits per heavy atom. The van der Waals surface area contributed by atoms with E-state index < -0.39 is 11.7 Å². The van der Waals surface area contributed by atoms with Crippen molar-refractivity contribution in [1.29, 1.82) is 0 Å². The Balaban J connectivity index is 1.34. The Bertz CT molecular complexity index is 1210. The lowest BCUT2D eigenvalue weighted by Gasteiger charge is -2.43. The van der Waals surface area contributed by atoms with Crippen molar-refractivity contribution in [2.45, 2.75) is 25.4 Å². The first kappa shape index (κ1) is 20.6. The molecule has 2 aromatic carbocycles. The molecule has 1 aromatic heterocycles. The van der Waals surface area contributed by atoms with Gasteiger partial charge in [-0.15, -0.1) is 0 Å². The number of aromatic nitrogens is 1. The highest BCUT2D eigenvalue weighted by Gasteiger charge is 2.35. The summed E-state index contributed by atoms with van der Waals surface area (Å²) < 4.78 is 28.1. The van der Waals surface area contributed by atoms with Crippen LogP contribution in [0.25, 0.3) is 0 Å². The van der Waals surface area contributed by atoms with E-state index in [-0.39, 0.29) is 23.0 Å². The number of hydrogen-bond donors (Lipinski definition) is 1. The van der Waals surface area contributed by atoms with Crippen LogP contribution in [0.4, 0.5) is 14.5 Å². The molecule has 1 saturated heterocycles. The number of rotatable bonds is 4. The molecule has 3 heterocycles. The van der Waals surface area contributed by atoms with E-state index in [2.05, 4.69) is 10.2 Å². The second-order valence-corrected chi connectivity index (χ2v) is 8.67. The second-order valence-electron chi connectivity index (χ2n) is 8.67. The van der Waals surface area contributed by atoms with E-state index in [4.69, 9.17) is 0 Å². The summed E-state index contributed by atoms with van der Waals surface area (Å²) in [6.07, 6.45) is 1.03. The number of piperidine rings is 1. The summed E-state index contributed by atoms with van der Waals surface area (Å²) in [5, 5.41) is 2.67. The average Bonchev–Trinajstić information content (AvgIpc) is 2.78. The van der Waals surface area contributed by atoms with Crippen LogP contribution in [0.1, 0.15) is 34.0 Å². The minimum atomic E-state index is -0.441. The van der Waals surface area contributed by atoms with Crippen molar-refractivity contribution in [1.82, 2.24) is 9.47 Å². The fourth-order valence-electron chi connectivity index (χ4n) is 4.91. The number of likely N-dealkylation sites (tertiary alicyclic amines) is 1.